The smallest absolute Gasteiger partial charge is 0.0443 e. The quantitative estimate of drug-likeness (QED) is 0.693. The van der Waals surface area contributed by atoms with Gasteiger partial charge in [0.15, 0.2) is 0 Å². The van der Waals surface area contributed by atoms with Crippen molar-refractivity contribution in [2.45, 2.75) is 33.6 Å². The number of anilines is 2. The molecule has 1 heterocycles. The maximum Gasteiger partial charge on any atom is 0.0443 e. The standard InChI is InChI=1S/C16H17N.C2H6/c1-2-17-15-9-5-3-7-13(15)11-12-14-8-4-6-10-16(14)17;1-2/h3-10H,2,11-12H2,1H3;1-2H3. The monoisotopic (exact) mass is 253 g/mol. The highest BCUT2D eigenvalue weighted by Gasteiger charge is 2.18. The van der Waals surface area contributed by atoms with E-state index in [1.165, 1.54) is 22.5 Å². The van der Waals surface area contributed by atoms with Crippen molar-refractivity contribution in [2.24, 2.45) is 0 Å². The van der Waals surface area contributed by atoms with E-state index in [4.69, 9.17) is 0 Å². The van der Waals surface area contributed by atoms with Gasteiger partial charge < -0.3 is 4.90 Å². The fourth-order valence-electron chi connectivity index (χ4n) is 2.71. The summed E-state index contributed by atoms with van der Waals surface area (Å²) in [5, 5.41) is 0. The molecule has 0 unspecified atom stereocenters. The number of fused-ring (bicyclic) bond motifs is 2. The summed E-state index contributed by atoms with van der Waals surface area (Å²) in [6.07, 6.45) is 2.29. The molecule has 0 bridgehead atoms. The molecule has 2 aromatic carbocycles. The third-order valence-corrected chi connectivity index (χ3v) is 3.54. The molecule has 0 N–H and O–H groups in total. The zero-order chi connectivity index (χ0) is 13.7. The number of para-hydroxylation sites is 2. The summed E-state index contributed by atoms with van der Waals surface area (Å²) in [5.74, 6) is 0. The van der Waals surface area contributed by atoms with Gasteiger partial charge in [-0.15, -0.1) is 0 Å². The molecule has 0 spiro atoms. The topological polar surface area (TPSA) is 3.24 Å². The molecule has 19 heavy (non-hydrogen) atoms. The summed E-state index contributed by atoms with van der Waals surface area (Å²) >= 11 is 0. The Balaban J connectivity index is 0.000000637. The van der Waals surface area contributed by atoms with Crippen LogP contribution in [0.1, 0.15) is 31.9 Å². The van der Waals surface area contributed by atoms with Crippen molar-refractivity contribution < 1.29 is 0 Å². The normalized spacial score (nSPS) is 12.7. The highest BCUT2D eigenvalue weighted by atomic mass is 15.1. The Morgan fingerprint density at radius 2 is 1.21 bits per heavy atom. The van der Waals surface area contributed by atoms with Crippen molar-refractivity contribution in [3.63, 3.8) is 0 Å². The number of rotatable bonds is 1. The van der Waals surface area contributed by atoms with Crippen LogP contribution in [0, 0.1) is 0 Å². The summed E-state index contributed by atoms with van der Waals surface area (Å²) in [5.41, 5.74) is 5.68. The Labute approximate surface area is 116 Å². The first-order chi connectivity index (χ1) is 9.40. The molecule has 3 rings (SSSR count). The molecule has 0 amide bonds. The lowest BCUT2D eigenvalue weighted by atomic mass is 10.0. The maximum atomic E-state index is 2.43. The molecule has 1 aliphatic heterocycles. The second kappa shape index (κ2) is 6.42. The van der Waals surface area contributed by atoms with Gasteiger partial charge in [-0.05, 0) is 43.0 Å². The molecule has 0 aliphatic carbocycles. The Hall–Kier alpha value is -1.76. The van der Waals surface area contributed by atoms with Gasteiger partial charge in [0, 0.05) is 17.9 Å². The number of nitrogens with zero attached hydrogens (tertiary/aromatic N) is 1. The van der Waals surface area contributed by atoms with Gasteiger partial charge in [0.25, 0.3) is 0 Å². The SMILES string of the molecule is CC.CCN1c2ccccc2CCc2ccccc21. The van der Waals surface area contributed by atoms with Crippen LogP contribution in [-0.2, 0) is 12.8 Å². The van der Waals surface area contributed by atoms with Crippen molar-refractivity contribution in [1.82, 2.24) is 0 Å². The van der Waals surface area contributed by atoms with Crippen molar-refractivity contribution in [2.75, 3.05) is 11.4 Å². The van der Waals surface area contributed by atoms with Gasteiger partial charge >= 0.3 is 0 Å². The van der Waals surface area contributed by atoms with Crippen molar-refractivity contribution >= 4 is 11.4 Å². The van der Waals surface area contributed by atoms with E-state index in [2.05, 4.69) is 60.4 Å². The molecule has 0 saturated heterocycles. The fourth-order valence-corrected chi connectivity index (χ4v) is 2.71. The molecule has 0 saturated carbocycles. The first-order valence-electron chi connectivity index (χ1n) is 7.33. The summed E-state index contributed by atoms with van der Waals surface area (Å²) in [6.45, 7) is 7.24. The van der Waals surface area contributed by atoms with E-state index in [1.807, 2.05) is 13.8 Å². The average Bonchev–Trinajstić information content (AvgIpc) is 2.66. The van der Waals surface area contributed by atoms with Crippen molar-refractivity contribution in [3.8, 4) is 0 Å². The van der Waals surface area contributed by atoms with E-state index >= 15 is 0 Å². The van der Waals surface area contributed by atoms with Crippen molar-refractivity contribution in [1.29, 1.82) is 0 Å². The van der Waals surface area contributed by atoms with Crippen molar-refractivity contribution in [3.05, 3.63) is 59.7 Å². The molecular weight excluding hydrogens is 230 g/mol. The third kappa shape index (κ3) is 2.65. The van der Waals surface area contributed by atoms with Crippen LogP contribution in [0.3, 0.4) is 0 Å². The predicted molar refractivity (Wildman–Crippen MR) is 84.3 cm³/mol. The lowest BCUT2D eigenvalue weighted by Gasteiger charge is -2.25. The number of hydrogen-bond acceptors (Lipinski definition) is 1. The molecule has 1 heteroatoms. The highest BCUT2D eigenvalue weighted by molar-refractivity contribution is 5.70. The average molecular weight is 253 g/mol. The summed E-state index contributed by atoms with van der Waals surface area (Å²) in [7, 11) is 0. The van der Waals surface area contributed by atoms with E-state index in [0.717, 1.165) is 19.4 Å². The zero-order valence-corrected chi connectivity index (χ0v) is 12.2. The Morgan fingerprint density at radius 3 is 1.63 bits per heavy atom. The number of aryl methyl sites for hydroxylation is 2. The first-order valence-corrected chi connectivity index (χ1v) is 7.33. The van der Waals surface area contributed by atoms with Gasteiger partial charge in [-0.1, -0.05) is 50.2 Å². The number of benzene rings is 2. The summed E-state index contributed by atoms with van der Waals surface area (Å²) in [6, 6.07) is 17.5. The molecular formula is C18H23N. The summed E-state index contributed by atoms with van der Waals surface area (Å²) in [4.78, 5) is 2.43. The second-order valence-corrected chi connectivity index (χ2v) is 4.50. The maximum absolute atomic E-state index is 2.43. The second-order valence-electron chi connectivity index (χ2n) is 4.50. The van der Waals surface area contributed by atoms with Crippen LogP contribution in [0.5, 0.6) is 0 Å². The van der Waals surface area contributed by atoms with Crippen LogP contribution in [0.25, 0.3) is 0 Å². The lowest BCUT2D eigenvalue weighted by Crippen LogP contribution is -2.17. The van der Waals surface area contributed by atoms with Gasteiger partial charge in [-0.3, -0.25) is 0 Å². The zero-order valence-electron chi connectivity index (χ0n) is 12.2. The minimum absolute atomic E-state index is 1.02. The minimum atomic E-state index is 1.02. The Kier molecular flexibility index (Phi) is 4.62. The van der Waals surface area contributed by atoms with Crippen LogP contribution in [0.4, 0.5) is 11.4 Å². The first kappa shape index (κ1) is 13.7. The van der Waals surface area contributed by atoms with Crippen LogP contribution < -0.4 is 4.90 Å². The largest absolute Gasteiger partial charge is 0.341 e. The summed E-state index contributed by atoms with van der Waals surface area (Å²) < 4.78 is 0. The molecule has 100 valence electrons. The van der Waals surface area contributed by atoms with Gasteiger partial charge in [0.2, 0.25) is 0 Å². The molecule has 1 aliphatic rings. The van der Waals surface area contributed by atoms with E-state index in [1.54, 1.807) is 0 Å². The van der Waals surface area contributed by atoms with E-state index in [-0.39, 0.29) is 0 Å². The Bertz CT molecular complexity index is 483. The molecule has 1 nitrogen and oxygen atoms in total. The van der Waals surface area contributed by atoms with Gasteiger partial charge in [0.05, 0.1) is 0 Å². The van der Waals surface area contributed by atoms with Crippen LogP contribution >= 0.6 is 0 Å². The van der Waals surface area contributed by atoms with Crippen LogP contribution in [0.2, 0.25) is 0 Å². The predicted octanol–water partition coefficient (Wildman–Crippen LogP) is 4.97. The Morgan fingerprint density at radius 1 is 0.789 bits per heavy atom. The molecule has 0 aromatic heterocycles. The van der Waals surface area contributed by atoms with E-state index in [0.29, 0.717) is 0 Å². The van der Waals surface area contributed by atoms with Gasteiger partial charge in [0.1, 0.15) is 0 Å². The molecule has 0 atom stereocenters. The number of hydrogen-bond donors (Lipinski definition) is 0. The molecule has 0 radical (unpaired) electrons. The van der Waals surface area contributed by atoms with E-state index in [9.17, 15) is 0 Å². The van der Waals surface area contributed by atoms with Crippen LogP contribution in [0.15, 0.2) is 48.5 Å². The molecule has 2 aromatic rings. The van der Waals surface area contributed by atoms with Gasteiger partial charge in [-0.25, -0.2) is 0 Å². The fraction of sp³-hybridized carbons (Fsp3) is 0.333. The molecule has 0 fully saturated rings. The lowest BCUT2D eigenvalue weighted by molar-refractivity contribution is 0.977. The van der Waals surface area contributed by atoms with Crippen LogP contribution in [-0.4, -0.2) is 6.54 Å². The van der Waals surface area contributed by atoms with E-state index < -0.39 is 0 Å². The highest BCUT2D eigenvalue weighted by Crippen LogP contribution is 2.35. The third-order valence-electron chi connectivity index (χ3n) is 3.54. The van der Waals surface area contributed by atoms with Gasteiger partial charge in [-0.2, -0.15) is 0 Å². The minimum Gasteiger partial charge on any atom is -0.341 e.